The summed E-state index contributed by atoms with van der Waals surface area (Å²) in [6.45, 7) is 0. The molecule has 0 aromatic heterocycles. The zero-order valence-corrected chi connectivity index (χ0v) is 11.1. The topological polar surface area (TPSA) is 0 Å². The fourth-order valence-corrected chi connectivity index (χ4v) is 5.04. The molecule has 0 radical (unpaired) electrons. The van der Waals surface area contributed by atoms with Crippen molar-refractivity contribution in [1.29, 1.82) is 0 Å². The van der Waals surface area contributed by atoms with Crippen molar-refractivity contribution < 1.29 is 0 Å². The van der Waals surface area contributed by atoms with Crippen LogP contribution in [0.1, 0.15) is 44.9 Å². The summed E-state index contributed by atoms with van der Waals surface area (Å²) in [4.78, 5) is 0. The van der Waals surface area contributed by atoms with Gasteiger partial charge in [-0.25, -0.2) is 0 Å². The number of benzene rings is 1. The van der Waals surface area contributed by atoms with Gasteiger partial charge in [-0.15, -0.1) is 0 Å². The molecule has 1 fully saturated rings. The molecule has 0 amide bonds. The maximum atomic E-state index is 2.34. The van der Waals surface area contributed by atoms with E-state index in [-0.39, 0.29) is 7.92 Å². The van der Waals surface area contributed by atoms with Crippen molar-refractivity contribution in [2.75, 3.05) is 12.3 Å². The minimum absolute atomic E-state index is 0.161. The third kappa shape index (κ3) is 3.91. The van der Waals surface area contributed by atoms with Crippen LogP contribution in [0, 0.1) is 0 Å². The maximum absolute atomic E-state index is 2.34. The molecule has 1 heteroatoms. The summed E-state index contributed by atoms with van der Waals surface area (Å²) in [6, 6.07) is 11.2. The smallest absolute Gasteiger partial charge is 0.0240 e. The highest BCUT2D eigenvalue weighted by molar-refractivity contribution is 7.65. The van der Waals surface area contributed by atoms with E-state index in [2.05, 4.69) is 30.3 Å². The quantitative estimate of drug-likeness (QED) is 0.626. The lowest BCUT2D eigenvalue weighted by molar-refractivity contribution is 0.598. The molecule has 1 aromatic rings. The first-order valence-corrected chi connectivity index (χ1v) is 8.48. The SMILES string of the molecule is c1ccc(P2CCCCCCCCC2)cc1. The molecule has 0 bridgehead atoms. The zero-order chi connectivity index (χ0) is 11.1. The van der Waals surface area contributed by atoms with Crippen LogP contribution >= 0.6 is 7.92 Å². The molecule has 0 spiro atoms. The van der Waals surface area contributed by atoms with E-state index in [1.807, 2.05) is 0 Å². The van der Waals surface area contributed by atoms with Crippen molar-refractivity contribution in [3.05, 3.63) is 30.3 Å². The van der Waals surface area contributed by atoms with E-state index < -0.39 is 0 Å². The molecule has 2 rings (SSSR count). The normalized spacial score (nSPS) is 20.5. The zero-order valence-electron chi connectivity index (χ0n) is 10.2. The predicted octanol–water partition coefficient (Wildman–Crippen LogP) is 4.54. The molecular formula is C15H23P. The Morgan fingerprint density at radius 3 is 1.69 bits per heavy atom. The first kappa shape index (κ1) is 12.1. The lowest BCUT2D eigenvalue weighted by atomic mass is 10.1. The van der Waals surface area contributed by atoms with E-state index in [9.17, 15) is 0 Å². The van der Waals surface area contributed by atoms with Gasteiger partial charge in [-0.05, 0) is 30.5 Å². The second kappa shape index (κ2) is 7.07. The van der Waals surface area contributed by atoms with Crippen LogP contribution in [-0.4, -0.2) is 12.3 Å². The predicted molar refractivity (Wildman–Crippen MR) is 75.0 cm³/mol. The molecule has 0 unspecified atom stereocenters. The lowest BCUT2D eigenvalue weighted by Crippen LogP contribution is -2.07. The Morgan fingerprint density at radius 2 is 1.12 bits per heavy atom. The summed E-state index contributed by atoms with van der Waals surface area (Å²) in [6.07, 6.45) is 13.2. The Hall–Kier alpha value is -0.350. The third-order valence-corrected chi connectivity index (χ3v) is 6.22. The average Bonchev–Trinajstić information content (AvgIpc) is 2.37. The van der Waals surface area contributed by atoms with E-state index >= 15 is 0 Å². The van der Waals surface area contributed by atoms with Gasteiger partial charge in [0.1, 0.15) is 0 Å². The minimum atomic E-state index is 0.161. The van der Waals surface area contributed by atoms with E-state index in [1.54, 1.807) is 5.30 Å². The minimum Gasteiger partial charge on any atom is -0.0753 e. The molecule has 1 aliphatic rings. The van der Waals surface area contributed by atoms with Gasteiger partial charge in [0.2, 0.25) is 0 Å². The van der Waals surface area contributed by atoms with Crippen LogP contribution in [0.5, 0.6) is 0 Å². The Balaban J connectivity index is 1.94. The number of rotatable bonds is 1. The molecule has 0 saturated carbocycles. The first-order chi connectivity index (χ1) is 7.97. The molecule has 0 N–H and O–H groups in total. The van der Waals surface area contributed by atoms with E-state index in [0.717, 1.165) is 0 Å². The molecule has 1 heterocycles. The summed E-state index contributed by atoms with van der Waals surface area (Å²) < 4.78 is 0. The van der Waals surface area contributed by atoms with Gasteiger partial charge < -0.3 is 0 Å². The number of hydrogen-bond donors (Lipinski definition) is 0. The van der Waals surface area contributed by atoms with Gasteiger partial charge in [0.05, 0.1) is 0 Å². The Morgan fingerprint density at radius 1 is 0.625 bits per heavy atom. The molecule has 1 aliphatic heterocycles. The van der Waals surface area contributed by atoms with Crippen LogP contribution < -0.4 is 5.30 Å². The Kier molecular flexibility index (Phi) is 5.35. The van der Waals surface area contributed by atoms with Crippen molar-refractivity contribution in [3.8, 4) is 0 Å². The Bertz CT molecular complexity index is 271. The van der Waals surface area contributed by atoms with Crippen molar-refractivity contribution >= 4 is 13.2 Å². The van der Waals surface area contributed by atoms with E-state index in [4.69, 9.17) is 0 Å². The second-order valence-electron chi connectivity index (χ2n) is 4.80. The van der Waals surface area contributed by atoms with Crippen LogP contribution in [0.15, 0.2) is 30.3 Å². The highest BCUT2D eigenvalue weighted by atomic mass is 31.1. The van der Waals surface area contributed by atoms with Gasteiger partial charge in [0, 0.05) is 0 Å². The highest BCUT2D eigenvalue weighted by Gasteiger charge is 2.10. The van der Waals surface area contributed by atoms with E-state index in [1.165, 1.54) is 57.3 Å². The maximum Gasteiger partial charge on any atom is -0.0240 e. The summed E-state index contributed by atoms with van der Waals surface area (Å²) in [5, 5.41) is 1.64. The van der Waals surface area contributed by atoms with Crippen molar-refractivity contribution in [1.82, 2.24) is 0 Å². The van der Waals surface area contributed by atoms with Gasteiger partial charge in [-0.1, -0.05) is 70.4 Å². The van der Waals surface area contributed by atoms with Crippen LogP contribution in [-0.2, 0) is 0 Å². The molecule has 88 valence electrons. The van der Waals surface area contributed by atoms with Crippen LogP contribution in [0.3, 0.4) is 0 Å². The van der Waals surface area contributed by atoms with Crippen molar-refractivity contribution in [2.24, 2.45) is 0 Å². The molecule has 0 atom stereocenters. The number of hydrogen-bond acceptors (Lipinski definition) is 0. The van der Waals surface area contributed by atoms with E-state index in [0.29, 0.717) is 0 Å². The van der Waals surface area contributed by atoms with Gasteiger partial charge in [0.25, 0.3) is 0 Å². The third-order valence-electron chi connectivity index (χ3n) is 3.48. The van der Waals surface area contributed by atoms with Gasteiger partial charge in [-0.2, -0.15) is 0 Å². The van der Waals surface area contributed by atoms with Gasteiger partial charge >= 0.3 is 0 Å². The van der Waals surface area contributed by atoms with Gasteiger partial charge in [-0.3, -0.25) is 0 Å². The fourth-order valence-electron chi connectivity index (χ4n) is 2.50. The molecule has 0 aliphatic carbocycles. The molecule has 1 aromatic carbocycles. The van der Waals surface area contributed by atoms with Crippen molar-refractivity contribution in [2.45, 2.75) is 44.9 Å². The van der Waals surface area contributed by atoms with Crippen LogP contribution in [0.4, 0.5) is 0 Å². The second-order valence-corrected chi connectivity index (χ2v) is 7.29. The summed E-state index contributed by atoms with van der Waals surface area (Å²) in [7, 11) is 0.161. The lowest BCUT2D eigenvalue weighted by Gasteiger charge is -2.19. The average molecular weight is 234 g/mol. The van der Waals surface area contributed by atoms with Gasteiger partial charge in [0.15, 0.2) is 0 Å². The largest absolute Gasteiger partial charge is 0.0753 e. The monoisotopic (exact) mass is 234 g/mol. The molecule has 0 nitrogen and oxygen atoms in total. The van der Waals surface area contributed by atoms with Crippen LogP contribution in [0.2, 0.25) is 0 Å². The summed E-state index contributed by atoms with van der Waals surface area (Å²) >= 11 is 0. The summed E-state index contributed by atoms with van der Waals surface area (Å²) in [5.74, 6) is 0. The van der Waals surface area contributed by atoms with Crippen molar-refractivity contribution in [3.63, 3.8) is 0 Å². The standard InChI is InChI=1S/C15H23P/c1-2-4-9-13-16(14-10-5-3-1)15-11-7-6-8-12-15/h6-8,11-12H,1-5,9-10,13-14H2. The molecule has 16 heavy (non-hydrogen) atoms. The molecular weight excluding hydrogens is 211 g/mol. The molecule has 1 saturated heterocycles. The highest BCUT2D eigenvalue weighted by Crippen LogP contribution is 2.37. The summed E-state index contributed by atoms with van der Waals surface area (Å²) in [5.41, 5.74) is 0. The van der Waals surface area contributed by atoms with Crippen LogP contribution in [0.25, 0.3) is 0 Å². The Labute approximate surface area is 101 Å². The first-order valence-electron chi connectivity index (χ1n) is 6.77. The fraction of sp³-hybridized carbons (Fsp3) is 0.600.